The van der Waals surface area contributed by atoms with Crippen molar-refractivity contribution >= 4 is 23.6 Å². The minimum absolute atomic E-state index is 0.0979. The summed E-state index contributed by atoms with van der Waals surface area (Å²) in [6.45, 7) is 6.70. The molecule has 2 atom stereocenters. The van der Waals surface area contributed by atoms with Crippen LogP contribution in [0, 0.1) is 0 Å². The number of hydrogen-bond donors (Lipinski definition) is 1. The molecule has 2 unspecified atom stereocenters. The zero-order chi connectivity index (χ0) is 29.7. The van der Waals surface area contributed by atoms with Gasteiger partial charge in [-0.15, -0.1) is 0 Å². The second kappa shape index (κ2) is 12.8. The summed E-state index contributed by atoms with van der Waals surface area (Å²) < 4.78 is 5.19. The Morgan fingerprint density at radius 1 is 0.833 bits per heavy atom. The van der Waals surface area contributed by atoms with Gasteiger partial charge in [-0.2, -0.15) is 0 Å². The number of aliphatic hydroxyl groups is 1. The standard InChI is InChI=1S/C33H38N4O5/c1-3-42-30(39)25(2)37-31(40)33(26-13-7-4-8-14-26,27-15-9-5-10-16-27)36(32(37)41)24-29(38)23-34-19-21-35(22-20-34)28-17-11-6-12-18-28/h4-18,25,29,38H,3,19-24H2,1-2H3. The fourth-order valence-corrected chi connectivity index (χ4v) is 6.05. The maximum Gasteiger partial charge on any atom is 0.329 e. The first-order valence-corrected chi connectivity index (χ1v) is 14.5. The molecule has 220 valence electrons. The number of nitrogens with zero attached hydrogens (tertiary/aromatic N) is 4. The summed E-state index contributed by atoms with van der Waals surface area (Å²) in [5.74, 6) is -1.21. The lowest BCUT2D eigenvalue weighted by molar-refractivity contribution is -0.151. The Balaban J connectivity index is 1.44. The van der Waals surface area contributed by atoms with Crippen LogP contribution in [-0.2, 0) is 19.9 Å². The van der Waals surface area contributed by atoms with E-state index in [9.17, 15) is 19.5 Å². The van der Waals surface area contributed by atoms with Gasteiger partial charge in [-0.25, -0.2) is 14.5 Å². The summed E-state index contributed by atoms with van der Waals surface area (Å²) in [6.07, 6.45) is -0.935. The van der Waals surface area contributed by atoms with E-state index < -0.39 is 35.6 Å². The van der Waals surface area contributed by atoms with Gasteiger partial charge >= 0.3 is 12.0 Å². The third-order valence-electron chi connectivity index (χ3n) is 8.12. The van der Waals surface area contributed by atoms with Crippen LogP contribution >= 0.6 is 0 Å². The molecule has 0 aliphatic carbocycles. The summed E-state index contributed by atoms with van der Waals surface area (Å²) in [5, 5.41) is 11.4. The molecule has 2 aliphatic rings. The third-order valence-corrected chi connectivity index (χ3v) is 8.12. The number of β-amino-alcohol motifs (C(OH)–C–C–N with tert-alkyl or cyclic N) is 1. The maximum atomic E-state index is 14.5. The van der Waals surface area contributed by atoms with E-state index in [4.69, 9.17) is 4.74 Å². The van der Waals surface area contributed by atoms with Crippen molar-refractivity contribution in [1.82, 2.24) is 14.7 Å². The third kappa shape index (κ3) is 5.49. The van der Waals surface area contributed by atoms with Crippen molar-refractivity contribution in [1.29, 1.82) is 0 Å². The molecule has 2 fully saturated rings. The second-order valence-corrected chi connectivity index (χ2v) is 10.7. The summed E-state index contributed by atoms with van der Waals surface area (Å²) in [6, 6.07) is 26.6. The Morgan fingerprint density at radius 2 is 1.36 bits per heavy atom. The molecule has 2 aliphatic heterocycles. The number of rotatable bonds is 10. The van der Waals surface area contributed by atoms with Gasteiger partial charge in [0.05, 0.1) is 19.3 Å². The molecule has 0 bridgehead atoms. The highest BCUT2D eigenvalue weighted by Crippen LogP contribution is 2.44. The topological polar surface area (TPSA) is 93.6 Å². The number of para-hydroxylation sites is 1. The molecule has 0 saturated carbocycles. The van der Waals surface area contributed by atoms with Crippen LogP contribution in [-0.4, -0.2) is 95.7 Å². The zero-order valence-electron chi connectivity index (χ0n) is 24.1. The minimum Gasteiger partial charge on any atom is -0.464 e. The molecule has 3 amide bonds. The Labute approximate surface area is 246 Å². The molecule has 5 rings (SSSR count). The molecule has 0 radical (unpaired) electrons. The van der Waals surface area contributed by atoms with Gasteiger partial charge < -0.3 is 14.7 Å². The molecule has 3 aromatic rings. The first-order chi connectivity index (χ1) is 20.4. The van der Waals surface area contributed by atoms with Crippen LogP contribution in [0.4, 0.5) is 10.5 Å². The quantitative estimate of drug-likeness (QED) is 0.295. The normalized spacial score (nSPS) is 18.7. The number of ether oxygens (including phenoxy) is 1. The molecule has 1 N–H and O–H groups in total. The highest BCUT2D eigenvalue weighted by Gasteiger charge is 2.61. The molecule has 2 heterocycles. The van der Waals surface area contributed by atoms with E-state index in [-0.39, 0.29) is 13.2 Å². The Kier molecular flexibility index (Phi) is 8.89. The van der Waals surface area contributed by atoms with E-state index >= 15 is 0 Å². The predicted octanol–water partition coefficient (Wildman–Crippen LogP) is 3.33. The van der Waals surface area contributed by atoms with E-state index in [2.05, 4.69) is 21.9 Å². The molecule has 0 aromatic heterocycles. The molecule has 9 heteroatoms. The molecule has 0 spiro atoms. The van der Waals surface area contributed by atoms with Gasteiger partial charge in [-0.1, -0.05) is 78.9 Å². The number of imide groups is 1. The monoisotopic (exact) mass is 570 g/mol. The number of amides is 3. The van der Waals surface area contributed by atoms with E-state index in [1.165, 1.54) is 17.5 Å². The number of carbonyl (C=O) groups is 3. The number of benzene rings is 3. The fraction of sp³-hybridized carbons (Fsp3) is 0.364. The number of aliphatic hydroxyl groups excluding tert-OH is 1. The SMILES string of the molecule is CCOC(=O)C(C)N1C(=O)N(CC(O)CN2CCN(c3ccccc3)CC2)C(c2ccccc2)(c2ccccc2)C1=O. The highest BCUT2D eigenvalue weighted by atomic mass is 16.5. The zero-order valence-corrected chi connectivity index (χ0v) is 24.1. The number of carbonyl (C=O) groups excluding carboxylic acids is 3. The van der Waals surface area contributed by atoms with Crippen molar-refractivity contribution in [3.8, 4) is 0 Å². The van der Waals surface area contributed by atoms with Crippen molar-refractivity contribution in [3.63, 3.8) is 0 Å². The number of piperazine rings is 1. The number of hydrogen-bond acceptors (Lipinski definition) is 7. The van der Waals surface area contributed by atoms with Crippen LogP contribution in [0.15, 0.2) is 91.0 Å². The number of anilines is 1. The van der Waals surface area contributed by atoms with Gasteiger partial charge in [0.15, 0.2) is 5.54 Å². The Hall–Kier alpha value is -4.21. The van der Waals surface area contributed by atoms with Crippen LogP contribution in [0.3, 0.4) is 0 Å². The average molecular weight is 571 g/mol. The van der Waals surface area contributed by atoms with Crippen LogP contribution in [0.1, 0.15) is 25.0 Å². The molecule has 2 saturated heterocycles. The van der Waals surface area contributed by atoms with Crippen molar-refractivity contribution in [2.75, 3.05) is 50.8 Å². The largest absolute Gasteiger partial charge is 0.464 e. The number of esters is 1. The summed E-state index contributed by atoms with van der Waals surface area (Å²) in [4.78, 5) is 48.3. The van der Waals surface area contributed by atoms with Crippen molar-refractivity contribution in [3.05, 3.63) is 102 Å². The molecule has 42 heavy (non-hydrogen) atoms. The van der Waals surface area contributed by atoms with Crippen LogP contribution in [0.5, 0.6) is 0 Å². The lowest BCUT2D eigenvalue weighted by Crippen LogP contribution is -2.53. The molecule has 3 aromatic carbocycles. The second-order valence-electron chi connectivity index (χ2n) is 10.7. The van der Waals surface area contributed by atoms with Crippen molar-refractivity contribution in [2.45, 2.75) is 31.5 Å². The molecular weight excluding hydrogens is 532 g/mol. The lowest BCUT2D eigenvalue weighted by Gasteiger charge is -2.39. The van der Waals surface area contributed by atoms with E-state index in [0.717, 1.165) is 31.1 Å². The van der Waals surface area contributed by atoms with Crippen molar-refractivity contribution < 1.29 is 24.2 Å². The predicted molar refractivity (Wildman–Crippen MR) is 160 cm³/mol. The first kappa shape index (κ1) is 29.3. The van der Waals surface area contributed by atoms with Gasteiger partial charge in [0.25, 0.3) is 5.91 Å². The van der Waals surface area contributed by atoms with Gasteiger partial charge in [-0.3, -0.25) is 14.6 Å². The number of urea groups is 1. The fourth-order valence-electron chi connectivity index (χ4n) is 6.05. The average Bonchev–Trinajstić information content (AvgIpc) is 3.24. The highest BCUT2D eigenvalue weighted by molar-refractivity contribution is 6.11. The van der Waals surface area contributed by atoms with Crippen LogP contribution in [0.25, 0.3) is 0 Å². The van der Waals surface area contributed by atoms with Gasteiger partial charge in [0.1, 0.15) is 6.04 Å². The lowest BCUT2D eigenvalue weighted by atomic mass is 9.81. The van der Waals surface area contributed by atoms with Gasteiger partial charge in [0.2, 0.25) is 0 Å². The van der Waals surface area contributed by atoms with Crippen molar-refractivity contribution in [2.24, 2.45) is 0 Å². The minimum atomic E-state index is -1.56. The Morgan fingerprint density at radius 3 is 1.88 bits per heavy atom. The first-order valence-electron chi connectivity index (χ1n) is 14.5. The Bertz CT molecular complexity index is 1320. The van der Waals surface area contributed by atoms with Crippen LogP contribution in [0.2, 0.25) is 0 Å². The van der Waals surface area contributed by atoms with E-state index in [1.807, 2.05) is 54.6 Å². The molecular formula is C33H38N4O5. The van der Waals surface area contributed by atoms with E-state index in [0.29, 0.717) is 17.7 Å². The molecule has 9 nitrogen and oxygen atoms in total. The maximum absolute atomic E-state index is 14.5. The summed E-state index contributed by atoms with van der Waals surface area (Å²) >= 11 is 0. The van der Waals surface area contributed by atoms with Gasteiger partial charge in [0, 0.05) is 38.4 Å². The smallest absolute Gasteiger partial charge is 0.329 e. The summed E-state index contributed by atoms with van der Waals surface area (Å²) in [7, 11) is 0. The van der Waals surface area contributed by atoms with Gasteiger partial charge in [-0.05, 0) is 37.1 Å². The van der Waals surface area contributed by atoms with E-state index in [1.54, 1.807) is 31.2 Å². The van der Waals surface area contributed by atoms with Crippen LogP contribution < -0.4 is 4.90 Å². The summed E-state index contributed by atoms with van der Waals surface area (Å²) in [5.41, 5.74) is 0.770.